The second-order valence-corrected chi connectivity index (χ2v) is 7.50. The normalized spacial score (nSPS) is 27.6. The molecule has 4 rings (SSSR count). The fourth-order valence-corrected chi connectivity index (χ4v) is 4.52. The fraction of sp³-hybridized carbons (Fsp3) is 0.722. The van der Waals surface area contributed by atoms with Gasteiger partial charge in [0.1, 0.15) is 0 Å². The topological polar surface area (TPSA) is 55.2 Å². The van der Waals surface area contributed by atoms with Crippen LogP contribution in [-0.2, 0) is 24.8 Å². The van der Waals surface area contributed by atoms with E-state index in [4.69, 9.17) is 0 Å². The highest BCUT2D eigenvalue weighted by Crippen LogP contribution is 2.50. The van der Waals surface area contributed by atoms with Crippen molar-refractivity contribution in [2.45, 2.75) is 51.5 Å². The Kier molecular flexibility index (Phi) is 3.74. The van der Waals surface area contributed by atoms with Gasteiger partial charge in [0.2, 0.25) is 5.91 Å². The number of fused-ring (bicyclic) bond motifs is 1. The van der Waals surface area contributed by atoms with Gasteiger partial charge in [-0.2, -0.15) is 0 Å². The monoisotopic (exact) mass is 315 g/mol. The molecule has 2 saturated carbocycles. The summed E-state index contributed by atoms with van der Waals surface area (Å²) in [5.41, 5.74) is 1.62. The number of hydrogen-bond donors (Lipinski definition) is 0. The van der Waals surface area contributed by atoms with Crippen molar-refractivity contribution in [2.75, 3.05) is 6.54 Å². The Morgan fingerprint density at radius 1 is 1.26 bits per heavy atom. The highest BCUT2D eigenvalue weighted by atomic mass is 16.2. The summed E-state index contributed by atoms with van der Waals surface area (Å²) in [5.74, 6) is 1.95. The van der Waals surface area contributed by atoms with Crippen molar-refractivity contribution in [1.29, 1.82) is 0 Å². The zero-order chi connectivity index (χ0) is 16.0. The Balaban J connectivity index is 1.43. The Bertz CT molecular complexity index is 675. The van der Waals surface area contributed by atoms with Gasteiger partial charge in [-0.15, -0.1) is 0 Å². The molecular weight excluding hydrogens is 290 g/mol. The second-order valence-electron chi connectivity index (χ2n) is 7.50. The van der Waals surface area contributed by atoms with Gasteiger partial charge < -0.3 is 9.47 Å². The maximum Gasteiger partial charge on any atom is 0.256 e. The smallest absolute Gasteiger partial charge is 0.256 e. The summed E-state index contributed by atoms with van der Waals surface area (Å²) >= 11 is 0. The van der Waals surface area contributed by atoms with Gasteiger partial charge in [0.15, 0.2) is 0 Å². The van der Waals surface area contributed by atoms with E-state index in [1.807, 2.05) is 4.90 Å². The van der Waals surface area contributed by atoms with Crippen molar-refractivity contribution in [3.8, 4) is 0 Å². The highest BCUT2D eigenvalue weighted by Gasteiger charge is 2.49. The van der Waals surface area contributed by atoms with Crippen LogP contribution in [0.25, 0.3) is 0 Å². The van der Waals surface area contributed by atoms with Crippen LogP contribution >= 0.6 is 0 Å². The van der Waals surface area contributed by atoms with Crippen molar-refractivity contribution in [2.24, 2.45) is 24.8 Å². The molecule has 0 N–H and O–H groups in total. The summed E-state index contributed by atoms with van der Waals surface area (Å²) in [6, 6.07) is 0. The van der Waals surface area contributed by atoms with Crippen molar-refractivity contribution in [3.05, 3.63) is 27.9 Å². The van der Waals surface area contributed by atoms with E-state index in [0.29, 0.717) is 31.3 Å². The van der Waals surface area contributed by atoms with Crippen LogP contribution in [0.1, 0.15) is 49.8 Å². The molecule has 23 heavy (non-hydrogen) atoms. The molecule has 1 aliphatic heterocycles. The summed E-state index contributed by atoms with van der Waals surface area (Å²) < 4.78 is 1.52. The lowest BCUT2D eigenvalue weighted by Gasteiger charge is -2.29. The second kappa shape index (κ2) is 5.77. The molecule has 5 nitrogen and oxygen atoms in total. The maximum absolute atomic E-state index is 12.8. The molecule has 0 saturated heterocycles. The van der Waals surface area contributed by atoms with Gasteiger partial charge in [-0.25, -0.2) is 4.98 Å². The number of hydrogen-bond acceptors (Lipinski definition) is 3. The van der Waals surface area contributed by atoms with E-state index in [1.54, 1.807) is 13.4 Å². The molecule has 2 heterocycles. The van der Waals surface area contributed by atoms with E-state index in [-0.39, 0.29) is 11.5 Å². The minimum atomic E-state index is 0.0357. The average Bonchev–Trinajstić information content (AvgIpc) is 3.39. The predicted molar refractivity (Wildman–Crippen MR) is 86.8 cm³/mol. The molecule has 0 aromatic carbocycles. The molecule has 3 aliphatic rings. The summed E-state index contributed by atoms with van der Waals surface area (Å²) in [6.07, 6.45) is 9.96. The van der Waals surface area contributed by atoms with Crippen LogP contribution in [0.4, 0.5) is 0 Å². The minimum Gasteiger partial charge on any atom is -0.336 e. The first-order chi connectivity index (χ1) is 11.1. The van der Waals surface area contributed by atoms with Crippen molar-refractivity contribution in [3.63, 3.8) is 0 Å². The molecule has 0 unspecified atom stereocenters. The Labute approximate surface area is 136 Å². The fourth-order valence-electron chi connectivity index (χ4n) is 4.52. The lowest BCUT2D eigenvalue weighted by molar-refractivity contribution is -0.134. The van der Waals surface area contributed by atoms with Gasteiger partial charge in [-0.3, -0.25) is 9.59 Å². The molecule has 0 radical (unpaired) electrons. The zero-order valence-corrected chi connectivity index (χ0v) is 13.8. The third-order valence-corrected chi connectivity index (χ3v) is 6.01. The molecule has 2 atom stereocenters. The van der Waals surface area contributed by atoms with Gasteiger partial charge in [0, 0.05) is 25.1 Å². The summed E-state index contributed by atoms with van der Waals surface area (Å²) in [5, 5.41) is 0. The quantitative estimate of drug-likeness (QED) is 0.837. The van der Waals surface area contributed by atoms with Crippen LogP contribution in [0.3, 0.4) is 0 Å². The van der Waals surface area contributed by atoms with Gasteiger partial charge in [-0.1, -0.05) is 32.1 Å². The van der Waals surface area contributed by atoms with Gasteiger partial charge in [0.05, 0.1) is 18.6 Å². The SMILES string of the molecule is Cn1cnc2c(c1=O)CCN(C(=O)[C@@H]1C[C@@H]1C1CCCCC1)C2. The number of aromatic nitrogens is 2. The Morgan fingerprint density at radius 2 is 2.04 bits per heavy atom. The molecule has 2 aliphatic carbocycles. The molecular formula is C18H25N3O2. The van der Waals surface area contributed by atoms with Crippen LogP contribution in [-0.4, -0.2) is 26.9 Å². The maximum atomic E-state index is 12.8. The average molecular weight is 315 g/mol. The molecule has 1 aromatic heterocycles. The molecule has 5 heteroatoms. The Morgan fingerprint density at radius 3 is 2.83 bits per heavy atom. The molecule has 124 valence electrons. The number of nitrogens with zero attached hydrogens (tertiary/aromatic N) is 3. The van der Waals surface area contributed by atoms with E-state index in [0.717, 1.165) is 23.6 Å². The first-order valence-electron chi connectivity index (χ1n) is 8.97. The first kappa shape index (κ1) is 14.9. The van der Waals surface area contributed by atoms with E-state index in [9.17, 15) is 9.59 Å². The van der Waals surface area contributed by atoms with Crippen molar-refractivity contribution in [1.82, 2.24) is 14.5 Å². The molecule has 1 amide bonds. The van der Waals surface area contributed by atoms with Gasteiger partial charge >= 0.3 is 0 Å². The van der Waals surface area contributed by atoms with E-state index in [2.05, 4.69) is 4.98 Å². The number of carbonyl (C=O) groups excluding carboxylic acids is 1. The standard InChI is InChI=1S/C18H25N3O2/c1-20-11-19-16-10-21(8-7-13(16)17(20)22)18(23)15-9-14(15)12-5-3-2-4-6-12/h11-12,14-15H,2-10H2,1H3/t14-,15-/m1/s1. The van der Waals surface area contributed by atoms with Crippen LogP contribution < -0.4 is 5.56 Å². The first-order valence-corrected chi connectivity index (χ1v) is 8.97. The van der Waals surface area contributed by atoms with Gasteiger partial charge in [-0.05, 0) is 24.7 Å². The number of carbonyl (C=O) groups is 1. The summed E-state index contributed by atoms with van der Waals surface area (Å²) in [7, 11) is 1.73. The van der Waals surface area contributed by atoms with Gasteiger partial charge in [0.25, 0.3) is 5.56 Å². The van der Waals surface area contributed by atoms with E-state index < -0.39 is 0 Å². The van der Waals surface area contributed by atoms with E-state index in [1.165, 1.54) is 36.7 Å². The van der Waals surface area contributed by atoms with Crippen molar-refractivity contribution < 1.29 is 4.79 Å². The molecule has 0 spiro atoms. The lowest BCUT2D eigenvalue weighted by Crippen LogP contribution is -2.41. The predicted octanol–water partition coefficient (Wildman–Crippen LogP) is 1.88. The Hall–Kier alpha value is -1.65. The van der Waals surface area contributed by atoms with Crippen LogP contribution in [0.5, 0.6) is 0 Å². The zero-order valence-electron chi connectivity index (χ0n) is 13.8. The largest absolute Gasteiger partial charge is 0.336 e. The van der Waals surface area contributed by atoms with Crippen LogP contribution in [0.15, 0.2) is 11.1 Å². The minimum absolute atomic E-state index is 0.0357. The van der Waals surface area contributed by atoms with E-state index >= 15 is 0 Å². The lowest BCUT2D eigenvalue weighted by atomic mass is 9.85. The highest BCUT2D eigenvalue weighted by molar-refractivity contribution is 5.82. The van der Waals surface area contributed by atoms with Crippen LogP contribution in [0.2, 0.25) is 0 Å². The molecule has 2 fully saturated rings. The number of amides is 1. The molecule has 0 bridgehead atoms. The number of aryl methyl sites for hydroxylation is 1. The van der Waals surface area contributed by atoms with Crippen LogP contribution in [0, 0.1) is 17.8 Å². The third kappa shape index (κ3) is 2.70. The summed E-state index contributed by atoms with van der Waals surface area (Å²) in [4.78, 5) is 31.2. The third-order valence-electron chi connectivity index (χ3n) is 6.01. The summed E-state index contributed by atoms with van der Waals surface area (Å²) in [6.45, 7) is 1.18. The molecule has 1 aromatic rings. The number of rotatable bonds is 2. The van der Waals surface area contributed by atoms with Crippen molar-refractivity contribution >= 4 is 5.91 Å².